The van der Waals surface area contributed by atoms with E-state index in [-0.39, 0.29) is 24.5 Å². The Morgan fingerprint density at radius 2 is 1.83 bits per heavy atom. The van der Waals surface area contributed by atoms with Crippen molar-refractivity contribution in [3.8, 4) is 0 Å². The van der Waals surface area contributed by atoms with Gasteiger partial charge in [0, 0.05) is 14.2 Å². The standard InChI is InChI=1S/C14H21NO8/c1-15-14(18)7-4-8-12(20-3)13(11(7)22-8)23-10(17)6-21-5-9(16)19-2/h7-8,11-13H,4-6H2,1-3H3,(H,15,18)/t7?,8?,11-,12?,13+/m0/s1. The lowest BCUT2D eigenvalue weighted by Crippen LogP contribution is -2.49. The van der Waals surface area contributed by atoms with Crippen LogP contribution in [0.15, 0.2) is 0 Å². The number of carbonyl (C=O) groups excluding carboxylic acids is 3. The number of hydrogen-bond donors (Lipinski definition) is 1. The summed E-state index contributed by atoms with van der Waals surface area (Å²) in [6.45, 7) is -0.739. The first-order valence-electron chi connectivity index (χ1n) is 7.25. The number of fused-ring (bicyclic) bond motifs is 2. The van der Waals surface area contributed by atoms with Crippen LogP contribution in [0.5, 0.6) is 0 Å². The number of rotatable bonds is 7. The minimum atomic E-state index is -0.685. The van der Waals surface area contributed by atoms with E-state index in [4.69, 9.17) is 18.9 Å². The van der Waals surface area contributed by atoms with Crippen LogP contribution in [0.25, 0.3) is 0 Å². The summed E-state index contributed by atoms with van der Waals surface area (Å²) >= 11 is 0. The van der Waals surface area contributed by atoms with Gasteiger partial charge in [-0.05, 0) is 6.42 Å². The van der Waals surface area contributed by atoms with E-state index in [9.17, 15) is 14.4 Å². The molecule has 2 bridgehead atoms. The van der Waals surface area contributed by atoms with Crippen LogP contribution < -0.4 is 5.32 Å². The van der Waals surface area contributed by atoms with E-state index in [1.807, 2.05) is 0 Å². The van der Waals surface area contributed by atoms with E-state index >= 15 is 0 Å². The van der Waals surface area contributed by atoms with Crippen LogP contribution in [-0.4, -0.2) is 76.7 Å². The number of ether oxygens (including phenoxy) is 5. The molecule has 0 saturated carbocycles. The Morgan fingerprint density at radius 1 is 1.13 bits per heavy atom. The molecule has 130 valence electrons. The van der Waals surface area contributed by atoms with Gasteiger partial charge < -0.3 is 29.0 Å². The molecule has 0 aromatic carbocycles. The second kappa shape index (κ2) is 7.71. The summed E-state index contributed by atoms with van der Waals surface area (Å²) in [4.78, 5) is 34.6. The molecule has 1 amide bonds. The maximum absolute atomic E-state index is 11.9. The van der Waals surface area contributed by atoms with Gasteiger partial charge in [-0.2, -0.15) is 0 Å². The Bertz CT molecular complexity index is 468. The Kier molecular flexibility index (Phi) is 5.91. The predicted molar refractivity (Wildman–Crippen MR) is 74.3 cm³/mol. The minimum absolute atomic E-state index is 0.157. The highest BCUT2D eigenvalue weighted by atomic mass is 16.6. The molecule has 0 aliphatic carbocycles. The topological polar surface area (TPSA) is 109 Å². The molecule has 0 spiro atoms. The second-order valence-corrected chi connectivity index (χ2v) is 5.32. The zero-order valence-electron chi connectivity index (χ0n) is 13.3. The summed E-state index contributed by atoms with van der Waals surface area (Å²) in [5.41, 5.74) is 0. The number of methoxy groups -OCH3 is 2. The number of carbonyl (C=O) groups is 3. The second-order valence-electron chi connectivity index (χ2n) is 5.32. The molecule has 2 saturated heterocycles. The Balaban J connectivity index is 1.90. The lowest BCUT2D eigenvalue weighted by Gasteiger charge is -2.30. The van der Waals surface area contributed by atoms with E-state index in [1.165, 1.54) is 14.2 Å². The molecule has 2 aliphatic heterocycles. The third-order valence-corrected chi connectivity index (χ3v) is 4.02. The lowest BCUT2D eigenvalue weighted by molar-refractivity contribution is -0.167. The van der Waals surface area contributed by atoms with Crippen LogP contribution in [0, 0.1) is 5.92 Å². The highest BCUT2D eigenvalue weighted by Gasteiger charge is 2.58. The largest absolute Gasteiger partial charge is 0.467 e. The third-order valence-electron chi connectivity index (χ3n) is 4.02. The normalized spacial score (nSPS) is 31.7. The first-order valence-corrected chi connectivity index (χ1v) is 7.25. The van der Waals surface area contributed by atoms with Crippen molar-refractivity contribution in [2.45, 2.75) is 30.8 Å². The van der Waals surface area contributed by atoms with Gasteiger partial charge in [0.15, 0.2) is 6.10 Å². The summed E-state index contributed by atoms with van der Waals surface area (Å²) in [6.07, 6.45) is -1.42. The fourth-order valence-electron chi connectivity index (χ4n) is 2.98. The van der Waals surface area contributed by atoms with Gasteiger partial charge in [0.2, 0.25) is 5.91 Å². The molecule has 2 aliphatic rings. The summed E-state index contributed by atoms with van der Waals surface area (Å²) in [5, 5.41) is 2.58. The number of amides is 1. The Labute approximate surface area is 133 Å². The molecular formula is C14H21NO8. The van der Waals surface area contributed by atoms with Gasteiger partial charge in [-0.15, -0.1) is 0 Å². The van der Waals surface area contributed by atoms with Crippen molar-refractivity contribution in [3.05, 3.63) is 0 Å². The Hall–Kier alpha value is -1.71. The summed E-state index contributed by atoms with van der Waals surface area (Å²) < 4.78 is 25.7. The fourth-order valence-corrected chi connectivity index (χ4v) is 2.98. The molecule has 5 atom stereocenters. The van der Waals surface area contributed by atoms with E-state index in [2.05, 4.69) is 10.1 Å². The maximum atomic E-state index is 11.9. The van der Waals surface area contributed by atoms with Crippen molar-refractivity contribution >= 4 is 17.8 Å². The fraction of sp³-hybridized carbons (Fsp3) is 0.786. The number of nitrogens with one attached hydrogen (secondary N) is 1. The molecule has 9 nitrogen and oxygen atoms in total. The predicted octanol–water partition coefficient (Wildman–Crippen LogP) is -1.36. The number of hydrogen-bond acceptors (Lipinski definition) is 8. The van der Waals surface area contributed by atoms with Crippen molar-refractivity contribution in [1.29, 1.82) is 0 Å². The molecule has 2 heterocycles. The van der Waals surface area contributed by atoms with E-state index in [1.54, 1.807) is 7.05 Å². The van der Waals surface area contributed by atoms with Gasteiger partial charge in [-0.1, -0.05) is 0 Å². The van der Waals surface area contributed by atoms with Crippen molar-refractivity contribution in [1.82, 2.24) is 5.32 Å². The minimum Gasteiger partial charge on any atom is -0.467 e. The smallest absolute Gasteiger partial charge is 0.332 e. The molecule has 0 aromatic heterocycles. The average Bonchev–Trinajstić information content (AvgIpc) is 3.11. The van der Waals surface area contributed by atoms with Gasteiger partial charge >= 0.3 is 11.9 Å². The van der Waals surface area contributed by atoms with Crippen LogP contribution in [0.2, 0.25) is 0 Å². The summed E-state index contributed by atoms with van der Waals surface area (Å²) in [6, 6.07) is 0. The number of esters is 2. The molecule has 3 unspecified atom stereocenters. The van der Waals surface area contributed by atoms with Crippen molar-refractivity contribution in [3.63, 3.8) is 0 Å². The zero-order valence-corrected chi connectivity index (χ0v) is 13.3. The van der Waals surface area contributed by atoms with Gasteiger partial charge in [0.25, 0.3) is 0 Å². The van der Waals surface area contributed by atoms with E-state index in [0.717, 1.165) is 0 Å². The first kappa shape index (κ1) is 17.6. The van der Waals surface area contributed by atoms with Gasteiger partial charge in [-0.3, -0.25) is 4.79 Å². The third kappa shape index (κ3) is 3.80. The molecule has 1 N–H and O–H groups in total. The van der Waals surface area contributed by atoms with Crippen molar-refractivity contribution in [2.75, 3.05) is 34.5 Å². The van der Waals surface area contributed by atoms with Crippen LogP contribution in [-0.2, 0) is 38.1 Å². The molecule has 2 rings (SSSR count). The molecule has 2 fully saturated rings. The molecule has 23 heavy (non-hydrogen) atoms. The van der Waals surface area contributed by atoms with Crippen LogP contribution >= 0.6 is 0 Å². The van der Waals surface area contributed by atoms with Gasteiger partial charge in [-0.25, -0.2) is 9.59 Å². The molecular weight excluding hydrogens is 310 g/mol. The van der Waals surface area contributed by atoms with Crippen molar-refractivity contribution in [2.24, 2.45) is 5.92 Å². The van der Waals surface area contributed by atoms with Crippen LogP contribution in [0.4, 0.5) is 0 Å². The first-order chi connectivity index (χ1) is 11.0. The van der Waals surface area contributed by atoms with Crippen molar-refractivity contribution < 1.29 is 38.1 Å². The summed E-state index contributed by atoms with van der Waals surface area (Å²) in [7, 11) is 4.26. The maximum Gasteiger partial charge on any atom is 0.332 e. The highest BCUT2D eigenvalue weighted by molar-refractivity contribution is 5.80. The highest BCUT2D eigenvalue weighted by Crippen LogP contribution is 2.42. The van der Waals surface area contributed by atoms with E-state index in [0.29, 0.717) is 6.42 Å². The quantitative estimate of drug-likeness (QED) is 0.570. The molecule has 0 aromatic rings. The molecule has 0 radical (unpaired) electrons. The summed E-state index contributed by atoms with van der Waals surface area (Å²) in [5.74, 6) is -1.79. The average molecular weight is 331 g/mol. The Morgan fingerprint density at radius 3 is 2.43 bits per heavy atom. The van der Waals surface area contributed by atoms with Gasteiger partial charge in [0.1, 0.15) is 25.4 Å². The van der Waals surface area contributed by atoms with Gasteiger partial charge in [0.05, 0.1) is 19.1 Å². The lowest BCUT2D eigenvalue weighted by atomic mass is 9.84. The zero-order chi connectivity index (χ0) is 17.0. The van der Waals surface area contributed by atoms with Crippen LogP contribution in [0.1, 0.15) is 6.42 Å². The van der Waals surface area contributed by atoms with Crippen LogP contribution in [0.3, 0.4) is 0 Å². The van der Waals surface area contributed by atoms with E-state index < -0.39 is 36.9 Å². The molecule has 9 heteroatoms. The monoisotopic (exact) mass is 331 g/mol. The SMILES string of the molecule is CNC(=O)C1CC2O[C@@H]1[C@@H](OC(=O)COCC(=O)OC)C2OC.